The lowest BCUT2D eigenvalue weighted by atomic mass is 9.95. The van der Waals surface area contributed by atoms with Crippen LogP contribution in [0, 0.1) is 6.92 Å². The van der Waals surface area contributed by atoms with Crippen LogP contribution >= 0.6 is 0 Å². The van der Waals surface area contributed by atoms with Gasteiger partial charge in [0, 0.05) is 18.8 Å². The van der Waals surface area contributed by atoms with Crippen LogP contribution < -0.4 is 9.80 Å². The van der Waals surface area contributed by atoms with Crippen molar-refractivity contribution in [3.05, 3.63) is 59.9 Å². The predicted octanol–water partition coefficient (Wildman–Crippen LogP) is 1.97. The Morgan fingerprint density at radius 3 is 2.62 bits per heavy atom. The van der Waals surface area contributed by atoms with Crippen molar-refractivity contribution in [2.75, 3.05) is 18.0 Å². The van der Waals surface area contributed by atoms with Gasteiger partial charge in [0.2, 0.25) is 5.91 Å². The summed E-state index contributed by atoms with van der Waals surface area (Å²) in [4.78, 5) is 36.5. The average molecular weight is 389 g/mol. The molecule has 1 atom stereocenters. The van der Waals surface area contributed by atoms with E-state index in [1.807, 2.05) is 49.4 Å². The maximum Gasteiger partial charge on any atom is 0.292 e. The fourth-order valence-electron chi connectivity index (χ4n) is 4.77. The highest BCUT2D eigenvalue weighted by molar-refractivity contribution is 6.21. The molecule has 0 bridgehead atoms. The minimum Gasteiger partial charge on any atom is -0.342 e. The Labute approximate surface area is 169 Å². The number of carbonyl (C=O) groups is 2. The molecule has 0 spiro atoms. The molecule has 2 saturated heterocycles. The molecule has 148 valence electrons. The van der Waals surface area contributed by atoms with E-state index >= 15 is 0 Å². The standard InChI is InChI=1S/C23H24N4O2/c1-15-5-4-6-17(13-15)27-21(28)14-20(23(27)29)26-11-9-16(10-12-26)22-24-18-7-2-3-8-19(18)25-22/h2-8,13,16,20H,9-12,14H2,1H3,(H,24,25)/p+1/t20-/m1/s1. The highest BCUT2D eigenvalue weighted by Crippen LogP contribution is 2.26. The SMILES string of the molecule is Cc1cccc(N2C(=O)C[C@@H]([NH+]3CCC(c4nc5ccccc5[nH]4)CC3)C2=O)c1. The average Bonchev–Trinajstić information content (AvgIpc) is 3.29. The van der Waals surface area contributed by atoms with Gasteiger partial charge in [0.25, 0.3) is 5.91 Å². The lowest BCUT2D eigenvalue weighted by Crippen LogP contribution is -3.17. The number of piperidine rings is 1. The molecule has 6 heteroatoms. The van der Waals surface area contributed by atoms with Crippen LogP contribution in [0.1, 0.15) is 36.6 Å². The van der Waals surface area contributed by atoms with Crippen LogP contribution in [0.5, 0.6) is 0 Å². The lowest BCUT2D eigenvalue weighted by Gasteiger charge is -2.31. The van der Waals surface area contributed by atoms with Gasteiger partial charge in [0.1, 0.15) is 5.82 Å². The minimum atomic E-state index is -0.264. The number of aromatic amines is 1. The number of H-pyrrole nitrogens is 1. The van der Waals surface area contributed by atoms with Gasteiger partial charge in [-0.2, -0.15) is 0 Å². The third kappa shape index (κ3) is 3.23. The molecule has 0 radical (unpaired) electrons. The molecular formula is C23H25N4O2+. The van der Waals surface area contributed by atoms with Crippen molar-refractivity contribution in [2.45, 2.75) is 38.1 Å². The summed E-state index contributed by atoms with van der Waals surface area (Å²) in [6, 6.07) is 15.4. The number of imide groups is 1. The first-order valence-electron chi connectivity index (χ1n) is 10.3. The summed E-state index contributed by atoms with van der Waals surface area (Å²) in [6.07, 6.45) is 2.24. The number of likely N-dealkylation sites (tertiary alicyclic amines) is 1. The van der Waals surface area contributed by atoms with Gasteiger partial charge >= 0.3 is 0 Å². The number of carbonyl (C=O) groups excluding carboxylic acids is 2. The third-order valence-corrected chi connectivity index (χ3v) is 6.32. The van der Waals surface area contributed by atoms with Crippen LogP contribution in [0.2, 0.25) is 0 Å². The number of rotatable bonds is 3. The maximum atomic E-state index is 13.1. The van der Waals surface area contributed by atoms with E-state index in [4.69, 9.17) is 4.98 Å². The van der Waals surface area contributed by atoms with Gasteiger partial charge < -0.3 is 9.88 Å². The lowest BCUT2D eigenvalue weighted by molar-refractivity contribution is -0.920. The van der Waals surface area contributed by atoms with Crippen LogP contribution in [0.15, 0.2) is 48.5 Å². The third-order valence-electron chi connectivity index (χ3n) is 6.32. The number of quaternary nitrogens is 1. The van der Waals surface area contributed by atoms with Crippen molar-refractivity contribution in [1.82, 2.24) is 9.97 Å². The van der Waals surface area contributed by atoms with Crippen LogP contribution in [-0.2, 0) is 9.59 Å². The zero-order chi connectivity index (χ0) is 20.0. The first-order valence-corrected chi connectivity index (χ1v) is 10.3. The Balaban J connectivity index is 1.28. The van der Waals surface area contributed by atoms with Crippen molar-refractivity contribution >= 4 is 28.5 Å². The van der Waals surface area contributed by atoms with E-state index in [9.17, 15) is 9.59 Å². The molecular weight excluding hydrogens is 364 g/mol. The first kappa shape index (κ1) is 18.1. The van der Waals surface area contributed by atoms with Gasteiger partial charge in [0.05, 0.1) is 36.2 Å². The number of nitrogens with zero attached hydrogens (tertiary/aromatic N) is 2. The molecule has 2 fully saturated rings. The number of benzene rings is 2. The second kappa shape index (κ2) is 7.12. The molecule has 0 aliphatic carbocycles. The van der Waals surface area contributed by atoms with E-state index in [1.165, 1.54) is 9.80 Å². The number of para-hydroxylation sites is 2. The van der Waals surface area contributed by atoms with Gasteiger partial charge in [0.15, 0.2) is 6.04 Å². The molecule has 2 aliphatic heterocycles. The van der Waals surface area contributed by atoms with Gasteiger partial charge in [-0.3, -0.25) is 9.59 Å². The molecule has 3 aromatic rings. The number of anilines is 1. The number of amides is 2. The molecule has 0 saturated carbocycles. The number of aromatic nitrogens is 2. The number of aryl methyl sites for hydroxylation is 1. The molecule has 1 aromatic heterocycles. The fraction of sp³-hybridized carbons (Fsp3) is 0.348. The highest BCUT2D eigenvalue weighted by atomic mass is 16.2. The minimum absolute atomic E-state index is 0.0576. The Morgan fingerprint density at radius 2 is 1.86 bits per heavy atom. The molecule has 2 amide bonds. The van der Waals surface area contributed by atoms with Crippen molar-refractivity contribution in [2.24, 2.45) is 0 Å². The highest BCUT2D eigenvalue weighted by Gasteiger charge is 2.46. The quantitative estimate of drug-likeness (QED) is 0.673. The largest absolute Gasteiger partial charge is 0.342 e. The molecule has 2 aliphatic rings. The smallest absolute Gasteiger partial charge is 0.292 e. The van der Waals surface area contributed by atoms with Crippen LogP contribution in [0.4, 0.5) is 5.69 Å². The molecule has 2 N–H and O–H groups in total. The normalized spacial score (nSPS) is 25.1. The van der Waals surface area contributed by atoms with Crippen molar-refractivity contribution in [3.8, 4) is 0 Å². The summed E-state index contributed by atoms with van der Waals surface area (Å²) < 4.78 is 0. The molecule has 5 rings (SSSR count). The molecule has 0 unspecified atom stereocenters. The van der Waals surface area contributed by atoms with E-state index in [0.29, 0.717) is 18.0 Å². The Hall–Kier alpha value is -2.99. The zero-order valence-corrected chi connectivity index (χ0v) is 16.5. The summed E-state index contributed by atoms with van der Waals surface area (Å²) in [6.45, 7) is 3.74. The van der Waals surface area contributed by atoms with E-state index in [2.05, 4.69) is 11.1 Å². The number of nitrogens with one attached hydrogen (secondary N) is 2. The summed E-state index contributed by atoms with van der Waals surface area (Å²) in [5.74, 6) is 1.28. The van der Waals surface area contributed by atoms with Crippen molar-refractivity contribution in [1.29, 1.82) is 0 Å². The number of hydrogen-bond donors (Lipinski definition) is 2. The number of fused-ring (bicyclic) bond motifs is 1. The summed E-state index contributed by atoms with van der Waals surface area (Å²) in [5.41, 5.74) is 3.81. The van der Waals surface area contributed by atoms with Gasteiger partial charge in [-0.1, -0.05) is 24.3 Å². The number of hydrogen-bond acceptors (Lipinski definition) is 3. The van der Waals surface area contributed by atoms with Crippen LogP contribution in [-0.4, -0.2) is 40.9 Å². The Morgan fingerprint density at radius 1 is 1.07 bits per heavy atom. The van der Waals surface area contributed by atoms with E-state index in [0.717, 1.165) is 48.4 Å². The molecule has 6 nitrogen and oxygen atoms in total. The van der Waals surface area contributed by atoms with Gasteiger partial charge in [-0.05, 0) is 36.8 Å². The second-order valence-corrected chi connectivity index (χ2v) is 8.23. The molecule has 29 heavy (non-hydrogen) atoms. The van der Waals surface area contributed by atoms with Crippen LogP contribution in [0.3, 0.4) is 0 Å². The summed E-state index contributed by atoms with van der Waals surface area (Å²) in [7, 11) is 0. The topological polar surface area (TPSA) is 70.5 Å². The van der Waals surface area contributed by atoms with Gasteiger partial charge in [-0.15, -0.1) is 0 Å². The summed E-state index contributed by atoms with van der Waals surface area (Å²) in [5, 5.41) is 0. The van der Waals surface area contributed by atoms with E-state index in [1.54, 1.807) is 0 Å². The Bertz CT molecular complexity index is 1050. The van der Waals surface area contributed by atoms with Crippen molar-refractivity contribution in [3.63, 3.8) is 0 Å². The van der Waals surface area contributed by atoms with Gasteiger partial charge in [-0.25, -0.2) is 9.88 Å². The summed E-state index contributed by atoms with van der Waals surface area (Å²) >= 11 is 0. The van der Waals surface area contributed by atoms with Crippen LogP contribution in [0.25, 0.3) is 11.0 Å². The first-order chi connectivity index (χ1) is 14.1. The second-order valence-electron chi connectivity index (χ2n) is 8.23. The molecule has 2 aromatic carbocycles. The Kier molecular flexibility index (Phi) is 4.43. The fourth-order valence-corrected chi connectivity index (χ4v) is 4.77. The zero-order valence-electron chi connectivity index (χ0n) is 16.5. The van der Waals surface area contributed by atoms with Crippen molar-refractivity contribution < 1.29 is 14.5 Å². The molecule has 3 heterocycles. The number of imidazole rings is 1. The maximum absolute atomic E-state index is 13.1. The van der Waals surface area contributed by atoms with E-state index in [-0.39, 0.29) is 17.9 Å². The predicted molar refractivity (Wildman–Crippen MR) is 111 cm³/mol. The monoisotopic (exact) mass is 389 g/mol. The van der Waals surface area contributed by atoms with E-state index < -0.39 is 0 Å².